The van der Waals surface area contributed by atoms with Gasteiger partial charge in [-0.2, -0.15) is 0 Å². The molecule has 1 N–H and O–H groups in total. The van der Waals surface area contributed by atoms with Gasteiger partial charge in [0.25, 0.3) is 0 Å². The first-order chi connectivity index (χ1) is 15.2. The number of hydrogen-bond acceptors (Lipinski definition) is 5. The number of piperazine rings is 1. The highest BCUT2D eigenvalue weighted by molar-refractivity contribution is 14.0. The van der Waals surface area contributed by atoms with Gasteiger partial charge in [-0.15, -0.1) is 24.0 Å². The van der Waals surface area contributed by atoms with Crippen LogP contribution in [-0.2, 0) is 9.47 Å². The Morgan fingerprint density at radius 2 is 1.81 bits per heavy atom. The van der Waals surface area contributed by atoms with E-state index in [1.165, 1.54) is 12.1 Å². The molecule has 0 bridgehead atoms. The second kappa shape index (κ2) is 12.9. The van der Waals surface area contributed by atoms with Crippen LogP contribution in [0.4, 0.5) is 10.1 Å². The number of anilines is 1. The van der Waals surface area contributed by atoms with Crippen molar-refractivity contribution in [1.29, 1.82) is 0 Å². The number of ether oxygens (including phenoxy) is 2. The summed E-state index contributed by atoms with van der Waals surface area (Å²) in [7, 11) is 0. The lowest BCUT2D eigenvalue weighted by Gasteiger charge is -2.37. The van der Waals surface area contributed by atoms with Crippen LogP contribution in [0.2, 0.25) is 0 Å². The van der Waals surface area contributed by atoms with Crippen LogP contribution in [0.1, 0.15) is 19.8 Å². The van der Waals surface area contributed by atoms with Gasteiger partial charge in [-0.25, -0.2) is 4.39 Å². The molecule has 180 valence electrons. The normalized spacial score (nSPS) is 25.0. The lowest BCUT2D eigenvalue weighted by atomic mass is 10.1. The number of rotatable bonds is 6. The van der Waals surface area contributed by atoms with Crippen molar-refractivity contribution in [3.63, 3.8) is 0 Å². The number of benzene rings is 1. The van der Waals surface area contributed by atoms with Crippen molar-refractivity contribution >= 4 is 35.6 Å². The molecule has 0 amide bonds. The summed E-state index contributed by atoms with van der Waals surface area (Å²) >= 11 is 0. The molecule has 3 saturated heterocycles. The van der Waals surface area contributed by atoms with E-state index in [0.29, 0.717) is 0 Å². The molecule has 0 saturated carbocycles. The minimum absolute atomic E-state index is 0. The van der Waals surface area contributed by atoms with Crippen molar-refractivity contribution in [1.82, 2.24) is 15.1 Å². The van der Waals surface area contributed by atoms with Crippen LogP contribution in [0.5, 0.6) is 0 Å². The smallest absolute Gasteiger partial charge is 0.194 e. The Kier molecular flexibility index (Phi) is 10.3. The Morgan fingerprint density at radius 3 is 2.50 bits per heavy atom. The molecule has 2 unspecified atom stereocenters. The zero-order valence-corrected chi connectivity index (χ0v) is 21.4. The van der Waals surface area contributed by atoms with E-state index >= 15 is 0 Å². The van der Waals surface area contributed by atoms with Crippen LogP contribution >= 0.6 is 24.0 Å². The summed E-state index contributed by atoms with van der Waals surface area (Å²) in [5, 5.41) is 3.46. The molecule has 1 aromatic rings. The second-order valence-corrected chi connectivity index (χ2v) is 8.45. The fourth-order valence-electron chi connectivity index (χ4n) is 4.59. The predicted octanol–water partition coefficient (Wildman–Crippen LogP) is 2.41. The van der Waals surface area contributed by atoms with Crippen LogP contribution in [0.25, 0.3) is 0 Å². The Morgan fingerprint density at radius 1 is 1.06 bits per heavy atom. The van der Waals surface area contributed by atoms with Gasteiger partial charge in [-0.05, 0) is 44.0 Å². The topological polar surface area (TPSA) is 52.6 Å². The highest BCUT2D eigenvalue weighted by Gasteiger charge is 2.32. The van der Waals surface area contributed by atoms with Crippen LogP contribution in [0.15, 0.2) is 29.3 Å². The van der Waals surface area contributed by atoms with Crippen LogP contribution in [0.3, 0.4) is 0 Å². The maximum absolute atomic E-state index is 13.1. The van der Waals surface area contributed by atoms with E-state index in [1.54, 1.807) is 0 Å². The second-order valence-electron chi connectivity index (χ2n) is 8.45. The van der Waals surface area contributed by atoms with E-state index in [1.807, 2.05) is 12.1 Å². The van der Waals surface area contributed by atoms with Gasteiger partial charge in [0.15, 0.2) is 5.96 Å². The summed E-state index contributed by atoms with van der Waals surface area (Å²) in [5.41, 5.74) is 1.10. The molecule has 0 radical (unpaired) electrons. The monoisotopic (exact) mass is 561 g/mol. The molecule has 4 rings (SSSR count). The molecule has 1 aromatic carbocycles. The molecular weight excluding hydrogens is 524 g/mol. The van der Waals surface area contributed by atoms with Gasteiger partial charge < -0.3 is 24.6 Å². The Labute approximate surface area is 208 Å². The molecule has 7 nitrogen and oxygen atoms in total. The minimum atomic E-state index is -0.181. The average molecular weight is 561 g/mol. The van der Waals surface area contributed by atoms with Gasteiger partial charge in [0.1, 0.15) is 11.9 Å². The molecule has 3 aliphatic heterocycles. The maximum Gasteiger partial charge on any atom is 0.194 e. The van der Waals surface area contributed by atoms with Gasteiger partial charge in [0.2, 0.25) is 0 Å². The highest BCUT2D eigenvalue weighted by Crippen LogP contribution is 2.21. The van der Waals surface area contributed by atoms with Crippen molar-refractivity contribution in [3.05, 3.63) is 30.1 Å². The van der Waals surface area contributed by atoms with E-state index in [4.69, 9.17) is 14.5 Å². The molecular formula is C23H37FIN5O2. The maximum atomic E-state index is 13.1. The van der Waals surface area contributed by atoms with Crippen LogP contribution in [-0.4, -0.2) is 100 Å². The van der Waals surface area contributed by atoms with Crippen LogP contribution < -0.4 is 10.2 Å². The summed E-state index contributed by atoms with van der Waals surface area (Å²) in [6, 6.07) is 6.80. The highest BCUT2D eigenvalue weighted by atomic mass is 127. The van der Waals surface area contributed by atoms with Gasteiger partial charge in [0, 0.05) is 64.7 Å². The standard InChI is InChI=1S/C23H36FN5O2.HI/c1-2-25-23(29-15-17-31-22(18-29)21-4-3-16-30-21)26-9-10-27-11-13-28(14-12-27)20-7-5-19(24)6-8-20;/h5-8,21-22H,2-4,9-18H2,1H3,(H,25,26);1H. The number of morpholine rings is 1. The fourth-order valence-corrected chi connectivity index (χ4v) is 4.59. The first-order valence-electron chi connectivity index (χ1n) is 11.7. The van der Waals surface area contributed by atoms with Crippen LogP contribution in [0, 0.1) is 5.82 Å². The van der Waals surface area contributed by atoms with Crippen molar-refractivity contribution in [2.45, 2.75) is 32.0 Å². The zero-order valence-electron chi connectivity index (χ0n) is 19.0. The third kappa shape index (κ3) is 6.91. The molecule has 0 aromatic heterocycles. The van der Waals surface area contributed by atoms with Gasteiger partial charge in [-0.1, -0.05) is 0 Å². The molecule has 3 fully saturated rings. The van der Waals surface area contributed by atoms with Gasteiger partial charge in [0.05, 0.1) is 19.3 Å². The molecule has 2 atom stereocenters. The predicted molar refractivity (Wildman–Crippen MR) is 137 cm³/mol. The van der Waals surface area contributed by atoms with Gasteiger partial charge in [-0.3, -0.25) is 9.89 Å². The number of halogens is 2. The quantitative estimate of drug-likeness (QED) is 0.327. The van der Waals surface area contributed by atoms with E-state index in [2.05, 4.69) is 26.9 Å². The molecule has 3 heterocycles. The van der Waals surface area contributed by atoms with E-state index in [-0.39, 0.29) is 42.0 Å². The lowest BCUT2D eigenvalue weighted by Crippen LogP contribution is -2.53. The third-order valence-corrected chi connectivity index (χ3v) is 6.35. The van der Waals surface area contributed by atoms with Crippen molar-refractivity contribution in [3.8, 4) is 0 Å². The molecule has 0 aliphatic carbocycles. The zero-order chi connectivity index (χ0) is 21.5. The fraction of sp³-hybridized carbons (Fsp3) is 0.696. The Hall–Kier alpha value is -1.17. The van der Waals surface area contributed by atoms with E-state index < -0.39 is 0 Å². The lowest BCUT2D eigenvalue weighted by molar-refractivity contribution is -0.0817. The summed E-state index contributed by atoms with van der Waals surface area (Å²) in [6.07, 6.45) is 2.59. The minimum Gasteiger partial charge on any atom is -0.375 e. The van der Waals surface area contributed by atoms with Crippen molar-refractivity contribution in [2.24, 2.45) is 4.99 Å². The van der Waals surface area contributed by atoms with E-state index in [0.717, 1.165) is 96.6 Å². The Balaban J connectivity index is 0.00000289. The number of aliphatic imine (C=N–C) groups is 1. The number of guanidine groups is 1. The molecule has 0 spiro atoms. The molecule has 9 heteroatoms. The number of hydrogen-bond donors (Lipinski definition) is 1. The third-order valence-electron chi connectivity index (χ3n) is 6.35. The molecule has 32 heavy (non-hydrogen) atoms. The summed E-state index contributed by atoms with van der Waals surface area (Å²) < 4.78 is 25.0. The molecule has 3 aliphatic rings. The first kappa shape index (κ1) is 25.5. The summed E-state index contributed by atoms with van der Waals surface area (Å²) in [4.78, 5) is 12.0. The van der Waals surface area contributed by atoms with Crippen molar-refractivity contribution in [2.75, 3.05) is 77.0 Å². The summed E-state index contributed by atoms with van der Waals surface area (Å²) in [5.74, 6) is 0.804. The number of nitrogens with zero attached hydrogens (tertiary/aromatic N) is 4. The SMILES string of the molecule is CCNC(=NCCN1CCN(c2ccc(F)cc2)CC1)N1CCOC(C2CCCO2)C1.I. The largest absolute Gasteiger partial charge is 0.375 e. The van der Waals surface area contributed by atoms with E-state index in [9.17, 15) is 4.39 Å². The summed E-state index contributed by atoms with van der Waals surface area (Å²) in [6.45, 7) is 11.9. The Bertz CT molecular complexity index is 709. The van der Waals surface area contributed by atoms with Crippen molar-refractivity contribution < 1.29 is 13.9 Å². The average Bonchev–Trinajstić information content (AvgIpc) is 3.35. The van der Waals surface area contributed by atoms with Gasteiger partial charge >= 0.3 is 0 Å². The number of nitrogens with one attached hydrogen (secondary N) is 1. The first-order valence-corrected chi connectivity index (χ1v) is 11.7.